The predicted molar refractivity (Wildman–Crippen MR) is 73.6 cm³/mol. The molecule has 2 rings (SSSR count). The Morgan fingerprint density at radius 2 is 1.78 bits per heavy atom. The minimum atomic E-state index is -0.0707. The van der Waals surface area contributed by atoms with Crippen LogP contribution < -0.4 is 5.32 Å². The third kappa shape index (κ3) is 3.69. The third-order valence-electron chi connectivity index (χ3n) is 4.97. The number of ether oxygens (including phenoxy) is 1. The number of aliphatic hydroxyl groups excluding tert-OH is 1. The lowest BCUT2D eigenvalue weighted by Crippen LogP contribution is -2.54. The van der Waals surface area contributed by atoms with Gasteiger partial charge in [0.1, 0.15) is 0 Å². The maximum absolute atomic E-state index is 9.78. The van der Waals surface area contributed by atoms with E-state index in [-0.39, 0.29) is 12.1 Å². The van der Waals surface area contributed by atoms with Gasteiger partial charge < -0.3 is 15.2 Å². The summed E-state index contributed by atoms with van der Waals surface area (Å²) in [7, 11) is 0. The molecule has 1 heterocycles. The first kappa shape index (κ1) is 14.3. The van der Waals surface area contributed by atoms with E-state index in [1.54, 1.807) is 0 Å². The van der Waals surface area contributed by atoms with Crippen molar-refractivity contribution < 1.29 is 9.84 Å². The first-order valence-corrected chi connectivity index (χ1v) is 7.68. The Kier molecular flexibility index (Phi) is 5.46. The lowest BCUT2D eigenvalue weighted by atomic mass is 9.75. The number of hydrogen-bond acceptors (Lipinski definition) is 3. The summed E-state index contributed by atoms with van der Waals surface area (Å²) in [6.45, 7) is 5.33. The summed E-state index contributed by atoms with van der Waals surface area (Å²) in [5.74, 6) is 1.38. The molecule has 106 valence electrons. The first-order chi connectivity index (χ1) is 8.74. The van der Waals surface area contributed by atoms with Crippen molar-refractivity contribution in [2.45, 2.75) is 57.4 Å². The molecule has 0 amide bonds. The van der Waals surface area contributed by atoms with Gasteiger partial charge in [0.25, 0.3) is 0 Å². The summed E-state index contributed by atoms with van der Waals surface area (Å²) in [6, 6.07) is 0. The Hall–Kier alpha value is -0.120. The smallest absolute Gasteiger partial charge is 0.0613 e. The molecule has 0 spiro atoms. The van der Waals surface area contributed by atoms with Gasteiger partial charge in [-0.2, -0.15) is 0 Å². The third-order valence-corrected chi connectivity index (χ3v) is 4.97. The maximum atomic E-state index is 9.78. The van der Waals surface area contributed by atoms with Gasteiger partial charge in [0.15, 0.2) is 0 Å². The molecule has 3 heteroatoms. The Morgan fingerprint density at radius 3 is 2.39 bits per heavy atom. The van der Waals surface area contributed by atoms with Gasteiger partial charge in [0, 0.05) is 18.8 Å². The summed E-state index contributed by atoms with van der Waals surface area (Å²) in [5, 5.41) is 13.5. The van der Waals surface area contributed by atoms with Crippen molar-refractivity contribution >= 4 is 0 Å². The second-order valence-corrected chi connectivity index (χ2v) is 6.35. The highest BCUT2D eigenvalue weighted by molar-refractivity contribution is 4.92. The molecule has 0 aromatic rings. The highest BCUT2D eigenvalue weighted by Gasteiger charge is 2.34. The number of nitrogens with one attached hydrogen (secondary N) is 1. The zero-order chi connectivity index (χ0) is 12.8. The number of hydrogen-bond donors (Lipinski definition) is 2. The van der Waals surface area contributed by atoms with Crippen LogP contribution in [-0.4, -0.2) is 37.0 Å². The zero-order valence-electron chi connectivity index (χ0n) is 11.8. The van der Waals surface area contributed by atoms with Gasteiger partial charge in [-0.1, -0.05) is 19.3 Å². The molecule has 1 aliphatic carbocycles. The van der Waals surface area contributed by atoms with Crippen molar-refractivity contribution in [3.05, 3.63) is 0 Å². The van der Waals surface area contributed by atoms with E-state index in [9.17, 15) is 5.11 Å². The molecule has 0 unspecified atom stereocenters. The van der Waals surface area contributed by atoms with E-state index in [1.807, 2.05) is 0 Å². The van der Waals surface area contributed by atoms with E-state index in [0.29, 0.717) is 5.92 Å². The second-order valence-electron chi connectivity index (χ2n) is 6.35. The van der Waals surface area contributed by atoms with Gasteiger partial charge in [-0.05, 0) is 51.0 Å². The molecule has 1 atom stereocenters. The number of rotatable bonds is 5. The first-order valence-electron chi connectivity index (χ1n) is 7.68. The lowest BCUT2D eigenvalue weighted by Gasteiger charge is -2.40. The van der Waals surface area contributed by atoms with E-state index < -0.39 is 0 Å². The summed E-state index contributed by atoms with van der Waals surface area (Å²) >= 11 is 0. The Bertz CT molecular complexity index is 235. The van der Waals surface area contributed by atoms with Crippen LogP contribution in [0.1, 0.15) is 51.9 Å². The molecule has 0 bridgehead atoms. The van der Waals surface area contributed by atoms with Crippen LogP contribution in [0.25, 0.3) is 0 Å². The van der Waals surface area contributed by atoms with Crippen molar-refractivity contribution in [1.82, 2.24) is 5.32 Å². The zero-order valence-corrected chi connectivity index (χ0v) is 11.8. The van der Waals surface area contributed by atoms with Crippen LogP contribution in [0.15, 0.2) is 0 Å². The molecule has 1 saturated heterocycles. The molecule has 0 radical (unpaired) electrons. The molecule has 1 aliphatic heterocycles. The molecule has 3 nitrogen and oxygen atoms in total. The Balaban J connectivity index is 1.82. The van der Waals surface area contributed by atoms with E-state index in [1.165, 1.54) is 44.9 Å². The quantitative estimate of drug-likeness (QED) is 0.792. The highest BCUT2D eigenvalue weighted by Crippen LogP contribution is 2.32. The SMILES string of the molecule is C[C@@](CO)(NCC1CCOCC1)C1CCCCC1. The van der Waals surface area contributed by atoms with Gasteiger partial charge in [-0.3, -0.25) is 0 Å². The van der Waals surface area contributed by atoms with Crippen LogP contribution in [0, 0.1) is 11.8 Å². The highest BCUT2D eigenvalue weighted by atomic mass is 16.5. The maximum Gasteiger partial charge on any atom is 0.0613 e. The summed E-state index contributed by atoms with van der Waals surface area (Å²) in [5.41, 5.74) is -0.0707. The Labute approximate surface area is 111 Å². The molecule has 2 N–H and O–H groups in total. The summed E-state index contributed by atoms with van der Waals surface area (Å²) in [4.78, 5) is 0. The summed E-state index contributed by atoms with van der Waals surface area (Å²) in [6.07, 6.45) is 8.92. The van der Waals surface area contributed by atoms with E-state index in [4.69, 9.17) is 4.74 Å². The lowest BCUT2D eigenvalue weighted by molar-refractivity contribution is 0.0513. The summed E-state index contributed by atoms with van der Waals surface area (Å²) < 4.78 is 5.40. The molecule has 0 aromatic heterocycles. The molecule has 0 aromatic carbocycles. The standard InChI is InChI=1S/C15H29NO2/c1-15(12-17,14-5-3-2-4-6-14)16-11-13-7-9-18-10-8-13/h13-14,16-17H,2-12H2,1H3/t15-/m0/s1. The van der Waals surface area contributed by atoms with Crippen LogP contribution in [-0.2, 0) is 4.74 Å². The van der Waals surface area contributed by atoms with Crippen molar-refractivity contribution in [2.24, 2.45) is 11.8 Å². The van der Waals surface area contributed by atoms with E-state index in [0.717, 1.165) is 25.7 Å². The van der Waals surface area contributed by atoms with Crippen molar-refractivity contribution in [2.75, 3.05) is 26.4 Å². The van der Waals surface area contributed by atoms with Crippen LogP contribution in [0.5, 0.6) is 0 Å². The van der Waals surface area contributed by atoms with Crippen molar-refractivity contribution in [3.63, 3.8) is 0 Å². The molecule has 2 fully saturated rings. The van der Waals surface area contributed by atoms with Gasteiger partial charge in [-0.25, -0.2) is 0 Å². The van der Waals surface area contributed by atoms with Crippen molar-refractivity contribution in [1.29, 1.82) is 0 Å². The van der Waals surface area contributed by atoms with E-state index >= 15 is 0 Å². The van der Waals surface area contributed by atoms with Crippen molar-refractivity contribution in [3.8, 4) is 0 Å². The molecule has 18 heavy (non-hydrogen) atoms. The van der Waals surface area contributed by atoms with Crippen LogP contribution in [0.3, 0.4) is 0 Å². The minimum absolute atomic E-state index is 0.0707. The molecular formula is C15H29NO2. The minimum Gasteiger partial charge on any atom is -0.394 e. The molecular weight excluding hydrogens is 226 g/mol. The van der Waals surface area contributed by atoms with Gasteiger partial charge in [0.2, 0.25) is 0 Å². The van der Waals surface area contributed by atoms with Crippen LogP contribution in [0.2, 0.25) is 0 Å². The molecule has 2 aliphatic rings. The normalized spacial score (nSPS) is 27.0. The fraction of sp³-hybridized carbons (Fsp3) is 1.00. The topological polar surface area (TPSA) is 41.5 Å². The number of aliphatic hydroxyl groups is 1. The van der Waals surface area contributed by atoms with Gasteiger partial charge in [0.05, 0.1) is 6.61 Å². The van der Waals surface area contributed by atoms with Crippen LogP contribution in [0.4, 0.5) is 0 Å². The average Bonchev–Trinajstić information content (AvgIpc) is 2.47. The average molecular weight is 255 g/mol. The monoisotopic (exact) mass is 255 g/mol. The molecule has 1 saturated carbocycles. The van der Waals surface area contributed by atoms with E-state index in [2.05, 4.69) is 12.2 Å². The fourth-order valence-electron chi connectivity index (χ4n) is 3.40. The van der Waals surface area contributed by atoms with Crippen LogP contribution >= 0.6 is 0 Å². The second kappa shape index (κ2) is 6.88. The predicted octanol–water partition coefficient (Wildman–Crippen LogP) is 2.33. The van der Waals surface area contributed by atoms with Gasteiger partial charge in [-0.15, -0.1) is 0 Å². The van der Waals surface area contributed by atoms with Gasteiger partial charge >= 0.3 is 0 Å². The largest absolute Gasteiger partial charge is 0.394 e. The Morgan fingerprint density at radius 1 is 1.11 bits per heavy atom. The fourth-order valence-corrected chi connectivity index (χ4v) is 3.40.